The Hall–Kier alpha value is -9.52. The molecule has 8 heterocycles. The zero-order valence-corrected chi connectivity index (χ0v) is 40.9. The van der Waals surface area contributed by atoms with Crippen LogP contribution in [0.1, 0.15) is 0 Å². The molecule has 0 saturated carbocycles. The number of rotatable bonds is 2. The van der Waals surface area contributed by atoms with Gasteiger partial charge in [0.1, 0.15) is 23.0 Å². The van der Waals surface area contributed by atoms with Crippen molar-refractivity contribution in [3.05, 3.63) is 231 Å². The number of nitrogens with zero attached hydrogens (tertiary/aromatic N) is 4. The van der Waals surface area contributed by atoms with Crippen molar-refractivity contribution < 1.29 is 9.47 Å². The van der Waals surface area contributed by atoms with E-state index in [2.05, 4.69) is 250 Å². The average Bonchev–Trinajstić information content (AvgIpc) is 3.67. The zero-order chi connectivity index (χ0) is 49.1. The maximum absolute atomic E-state index is 7.54. The molecule has 0 bridgehead atoms. The smallest absolute Gasteiger partial charge is 0.256 e. The molecule has 0 aliphatic carbocycles. The second-order valence-corrected chi connectivity index (χ2v) is 21.4. The molecule has 6 nitrogen and oxygen atoms in total. The zero-order valence-electron chi connectivity index (χ0n) is 40.9. The van der Waals surface area contributed by atoms with Gasteiger partial charge in [-0.2, -0.15) is 0 Å². The first-order valence-electron chi connectivity index (χ1n) is 26.6. The molecule has 0 amide bonds. The topological polar surface area (TPSA) is 31.4 Å². The van der Waals surface area contributed by atoms with Crippen LogP contribution in [0.3, 0.4) is 0 Å². The monoisotopic (exact) mass is 962 g/mol. The van der Waals surface area contributed by atoms with E-state index in [1.807, 2.05) is 0 Å². The maximum atomic E-state index is 7.54. The summed E-state index contributed by atoms with van der Waals surface area (Å²) in [6.07, 6.45) is 0. The van der Waals surface area contributed by atoms with Gasteiger partial charge in [0.2, 0.25) is 0 Å². The van der Waals surface area contributed by atoms with Gasteiger partial charge in [0.05, 0.1) is 0 Å². The van der Waals surface area contributed by atoms with Crippen LogP contribution in [0.4, 0.5) is 68.2 Å². The standard InChI is InChI=1S/C66H38B4N4O2/c1-3-19-39(20-4-1)71-49-29-13-7-23-41(49)67-43-25-9-15-31-51(43)73-53-33-17-11-27-45(53)69-47-35-48-58(38-57(47)75-59-36-55(71)61(67)65(73)63(59)69)76-60-37-56-62-66-64(60)70(48)46-28-12-18-34-54(46)74(66)52-32-16-10-26-44(52)68(62)42-24-8-14-30-50(42)72(56)40-21-5-2-6-22-40/h1-38H. The van der Waals surface area contributed by atoms with Crippen LogP contribution in [0.25, 0.3) is 0 Å². The number of anilines is 12. The van der Waals surface area contributed by atoms with Gasteiger partial charge in [-0.1, -0.05) is 152 Å². The molecule has 10 heteroatoms. The molecule has 8 aliphatic heterocycles. The third-order valence-electron chi connectivity index (χ3n) is 17.9. The van der Waals surface area contributed by atoms with E-state index in [-0.39, 0.29) is 26.9 Å². The molecule has 0 radical (unpaired) electrons. The van der Waals surface area contributed by atoms with Gasteiger partial charge in [0.25, 0.3) is 26.9 Å². The van der Waals surface area contributed by atoms with Crippen LogP contribution >= 0.6 is 0 Å². The van der Waals surface area contributed by atoms with E-state index in [9.17, 15) is 0 Å². The molecule has 0 atom stereocenters. The van der Waals surface area contributed by atoms with Crippen molar-refractivity contribution in [1.82, 2.24) is 0 Å². The predicted molar refractivity (Wildman–Crippen MR) is 317 cm³/mol. The second-order valence-electron chi connectivity index (χ2n) is 21.4. The largest absolute Gasteiger partial charge is 0.458 e. The highest BCUT2D eigenvalue weighted by atomic mass is 16.5. The Morgan fingerprint density at radius 3 is 0.855 bits per heavy atom. The Morgan fingerprint density at radius 1 is 0.224 bits per heavy atom. The summed E-state index contributed by atoms with van der Waals surface area (Å²) in [6.45, 7) is -0.197. The van der Waals surface area contributed by atoms with Crippen molar-refractivity contribution in [1.29, 1.82) is 0 Å². The number of hydrogen-bond donors (Lipinski definition) is 0. The third-order valence-corrected chi connectivity index (χ3v) is 17.9. The van der Waals surface area contributed by atoms with Crippen LogP contribution in [0.15, 0.2) is 231 Å². The molecule has 8 aliphatic rings. The first-order chi connectivity index (χ1) is 37.8. The molecular weight excluding hydrogens is 924 g/mol. The Bertz CT molecular complexity index is 4160. The summed E-state index contributed by atoms with van der Waals surface area (Å²) in [5.74, 6) is 3.40. The van der Waals surface area contributed by atoms with Crippen LogP contribution in [0.2, 0.25) is 0 Å². The van der Waals surface area contributed by atoms with Crippen LogP contribution in [0, 0.1) is 0 Å². The minimum atomic E-state index is -0.115. The fraction of sp³-hybridized carbons (Fsp3) is 0. The Labute approximate surface area is 441 Å². The molecule has 0 aromatic heterocycles. The minimum Gasteiger partial charge on any atom is -0.458 e. The summed E-state index contributed by atoms with van der Waals surface area (Å²) < 4.78 is 15.1. The van der Waals surface area contributed by atoms with Gasteiger partial charge in [-0.3, -0.25) is 0 Å². The summed E-state index contributed by atoms with van der Waals surface area (Å²) in [5.41, 5.74) is 29.3. The SMILES string of the molecule is c1ccc(N2c3ccccc3B3c4ccccc4N4c5ccccc5B5c6cc7c(cc6Oc6cc2c3c4c65)Oc2cc3c4c5c2B7c2ccccc2N5c2ccccc2B4c2ccccc2N3c2ccccc2)cc1. The fourth-order valence-corrected chi connectivity index (χ4v) is 15.2. The van der Waals surface area contributed by atoms with Crippen molar-refractivity contribution >= 4 is 161 Å². The summed E-state index contributed by atoms with van der Waals surface area (Å²) in [6, 6.07) is 85.4. The van der Waals surface area contributed by atoms with E-state index in [0.29, 0.717) is 0 Å². The van der Waals surface area contributed by atoms with Crippen LogP contribution in [-0.2, 0) is 0 Å². The van der Waals surface area contributed by atoms with Crippen LogP contribution < -0.4 is 94.6 Å². The highest BCUT2D eigenvalue weighted by Gasteiger charge is 2.54. The van der Waals surface area contributed by atoms with E-state index in [0.717, 1.165) is 56.7 Å². The second kappa shape index (κ2) is 14.2. The molecule has 346 valence electrons. The van der Waals surface area contributed by atoms with Crippen molar-refractivity contribution in [2.75, 3.05) is 19.6 Å². The van der Waals surface area contributed by atoms with Crippen LogP contribution in [-0.4, -0.2) is 26.9 Å². The average molecular weight is 962 g/mol. The van der Waals surface area contributed by atoms with Gasteiger partial charge < -0.3 is 29.1 Å². The van der Waals surface area contributed by atoms with Gasteiger partial charge in [-0.25, -0.2) is 0 Å². The summed E-state index contributed by atoms with van der Waals surface area (Å²) in [7, 11) is 0. The summed E-state index contributed by atoms with van der Waals surface area (Å²) in [4.78, 5) is 10.0. The quantitative estimate of drug-likeness (QED) is 0.165. The lowest BCUT2D eigenvalue weighted by atomic mass is 9.27. The third kappa shape index (κ3) is 4.81. The van der Waals surface area contributed by atoms with Crippen molar-refractivity contribution in [2.24, 2.45) is 0 Å². The number of hydrogen-bond acceptors (Lipinski definition) is 6. The van der Waals surface area contributed by atoms with E-state index < -0.39 is 0 Å². The lowest BCUT2D eigenvalue weighted by Crippen LogP contribution is -2.69. The first kappa shape index (κ1) is 39.9. The minimum absolute atomic E-state index is 0.0167. The van der Waals surface area contributed by atoms with E-state index in [1.165, 1.54) is 100 Å². The Kier molecular flexibility index (Phi) is 7.46. The first-order valence-corrected chi connectivity index (χ1v) is 26.6. The Morgan fingerprint density at radius 2 is 0.513 bits per heavy atom. The van der Waals surface area contributed by atoms with E-state index in [4.69, 9.17) is 9.47 Å². The fourth-order valence-electron chi connectivity index (χ4n) is 15.2. The predicted octanol–water partition coefficient (Wildman–Crippen LogP) is 7.72. The highest BCUT2D eigenvalue weighted by Crippen LogP contribution is 2.51. The molecule has 11 aromatic carbocycles. The Balaban J connectivity index is 0.881. The van der Waals surface area contributed by atoms with Gasteiger partial charge in [0.15, 0.2) is 0 Å². The lowest BCUT2D eigenvalue weighted by Gasteiger charge is -2.50. The number of ether oxygens (including phenoxy) is 2. The number of fused-ring (bicyclic) bond motifs is 20. The van der Waals surface area contributed by atoms with Crippen molar-refractivity contribution in [3.63, 3.8) is 0 Å². The molecule has 19 rings (SSSR count). The van der Waals surface area contributed by atoms with Crippen molar-refractivity contribution in [2.45, 2.75) is 0 Å². The summed E-state index contributed by atoms with van der Waals surface area (Å²) >= 11 is 0. The van der Waals surface area contributed by atoms with E-state index in [1.54, 1.807) is 0 Å². The lowest BCUT2D eigenvalue weighted by molar-refractivity contribution is 0.466. The molecule has 0 N–H and O–H groups in total. The molecular formula is C66H38B4N4O2. The molecule has 0 fully saturated rings. The molecule has 0 saturated heterocycles. The van der Waals surface area contributed by atoms with E-state index >= 15 is 0 Å². The van der Waals surface area contributed by atoms with Gasteiger partial charge in [0, 0.05) is 86.4 Å². The highest BCUT2D eigenvalue weighted by molar-refractivity contribution is 7.06. The van der Waals surface area contributed by atoms with Gasteiger partial charge in [-0.15, -0.1) is 0 Å². The maximum Gasteiger partial charge on any atom is 0.256 e. The van der Waals surface area contributed by atoms with Gasteiger partial charge in [-0.05, 0) is 126 Å². The van der Waals surface area contributed by atoms with Gasteiger partial charge >= 0.3 is 0 Å². The molecule has 11 aromatic rings. The summed E-state index contributed by atoms with van der Waals surface area (Å²) in [5, 5.41) is 0. The number of para-hydroxylation sites is 8. The van der Waals surface area contributed by atoms with Crippen molar-refractivity contribution in [3.8, 4) is 23.0 Å². The normalized spacial score (nSPS) is 14.8. The molecule has 0 spiro atoms. The number of benzene rings is 11. The molecule has 0 unspecified atom stereocenters. The molecule has 76 heavy (non-hydrogen) atoms. The van der Waals surface area contributed by atoms with Crippen LogP contribution in [0.5, 0.6) is 23.0 Å².